The summed E-state index contributed by atoms with van der Waals surface area (Å²) >= 11 is 0. The molecule has 2 aromatic heterocycles. The molecule has 0 saturated heterocycles. The number of benzene rings is 1. The quantitative estimate of drug-likeness (QED) is 0.504. The summed E-state index contributed by atoms with van der Waals surface area (Å²) in [6, 6.07) is 0. The lowest BCUT2D eigenvalue weighted by Gasteiger charge is -2.23. The summed E-state index contributed by atoms with van der Waals surface area (Å²) in [4.78, 5) is 0. The van der Waals surface area contributed by atoms with Gasteiger partial charge in [0.2, 0.25) is 0 Å². The van der Waals surface area contributed by atoms with Gasteiger partial charge in [-0.15, -0.1) is 0 Å². The normalized spacial score (nSPS) is 12.8. The van der Waals surface area contributed by atoms with Gasteiger partial charge < -0.3 is 8.83 Å². The Balaban J connectivity index is 2.70. The minimum absolute atomic E-state index is 0.0647. The van der Waals surface area contributed by atoms with E-state index in [9.17, 15) is 0 Å². The van der Waals surface area contributed by atoms with Crippen LogP contribution in [0.15, 0.2) is 8.83 Å². The average Bonchev–Trinajstić information content (AvgIpc) is 2.80. The van der Waals surface area contributed by atoms with Gasteiger partial charge in [-0.2, -0.15) is 0 Å². The topological polar surface area (TPSA) is 26.3 Å². The Morgan fingerprint density at radius 2 is 1.05 bits per heavy atom. The molecule has 0 atom stereocenters. The molecular formula is C19H24O2. The standard InChI is InChI=1S/C19H24O2/c1-9-12(4)20-17-14(9)11(3)16(19(6,7)8)15-10(2)13(5)21-18(15)17/h1-8H3. The third-order valence-electron chi connectivity index (χ3n) is 4.73. The van der Waals surface area contributed by atoms with E-state index >= 15 is 0 Å². The maximum Gasteiger partial charge on any atom is 0.177 e. The Morgan fingerprint density at radius 3 is 1.52 bits per heavy atom. The molecule has 0 unspecified atom stereocenters. The van der Waals surface area contributed by atoms with Crippen LogP contribution in [-0.2, 0) is 5.41 Å². The summed E-state index contributed by atoms with van der Waals surface area (Å²) in [7, 11) is 0. The Labute approximate surface area is 126 Å². The van der Waals surface area contributed by atoms with Crippen LogP contribution in [-0.4, -0.2) is 0 Å². The molecule has 1 aromatic carbocycles. The van der Waals surface area contributed by atoms with Crippen molar-refractivity contribution in [2.45, 2.75) is 60.8 Å². The molecule has 0 N–H and O–H groups in total. The van der Waals surface area contributed by atoms with Crippen molar-refractivity contribution >= 4 is 21.9 Å². The second kappa shape index (κ2) is 4.16. The van der Waals surface area contributed by atoms with Crippen LogP contribution in [0, 0.1) is 34.6 Å². The molecule has 3 aromatic rings. The highest BCUT2D eigenvalue weighted by molar-refractivity contribution is 6.08. The van der Waals surface area contributed by atoms with Crippen molar-refractivity contribution in [1.29, 1.82) is 0 Å². The van der Waals surface area contributed by atoms with Crippen LogP contribution in [0.25, 0.3) is 21.9 Å². The highest BCUT2D eigenvalue weighted by Crippen LogP contribution is 2.44. The number of hydrogen-bond donors (Lipinski definition) is 0. The van der Waals surface area contributed by atoms with Crippen molar-refractivity contribution in [2.24, 2.45) is 0 Å². The van der Waals surface area contributed by atoms with Gasteiger partial charge in [0.15, 0.2) is 11.2 Å². The molecular weight excluding hydrogens is 260 g/mol. The van der Waals surface area contributed by atoms with Crippen molar-refractivity contribution in [3.05, 3.63) is 33.8 Å². The maximum atomic E-state index is 6.08. The molecule has 0 saturated carbocycles. The fourth-order valence-corrected chi connectivity index (χ4v) is 3.58. The van der Waals surface area contributed by atoms with E-state index in [1.54, 1.807) is 0 Å². The maximum absolute atomic E-state index is 6.08. The van der Waals surface area contributed by atoms with Crippen LogP contribution >= 0.6 is 0 Å². The molecule has 21 heavy (non-hydrogen) atoms. The first kappa shape index (κ1) is 14.2. The van der Waals surface area contributed by atoms with Crippen molar-refractivity contribution in [2.75, 3.05) is 0 Å². The minimum Gasteiger partial charge on any atom is -0.457 e. The number of aryl methyl sites for hydroxylation is 5. The third kappa shape index (κ3) is 1.78. The van der Waals surface area contributed by atoms with Gasteiger partial charge >= 0.3 is 0 Å². The molecule has 3 rings (SSSR count). The van der Waals surface area contributed by atoms with E-state index in [0.29, 0.717) is 0 Å². The Kier molecular flexibility index (Phi) is 2.82. The summed E-state index contributed by atoms with van der Waals surface area (Å²) < 4.78 is 12.1. The first-order valence-corrected chi connectivity index (χ1v) is 7.57. The lowest BCUT2D eigenvalue weighted by atomic mass is 9.79. The van der Waals surface area contributed by atoms with Crippen molar-refractivity contribution in [3.63, 3.8) is 0 Å². The van der Waals surface area contributed by atoms with Crippen LogP contribution in [0.2, 0.25) is 0 Å². The van der Waals surface area contributed by atoms with E-state index in [0.717, 1.165) is 22.7 Å². The lowest BCUT2D eigenvalue weighted by molar-refractivity contribution is 0.544. The molecule has 112 valence electrons. The smallest absolute Gasteiger partial charge is 0.177 e. The van der Waals surface area contributed by atoms with Crippen LogP contribution in [0.4, 0.5) is 0 Å². The zero-order valence-electron chi connectivity index (χ0n) is 14.3. The second-order valence-electron chi connectivity index (χ2n) is 7.22. The molecule has 0 amide bonds. The molecule has 2 heterocycles. The first-order chi connectivity index (χ1) is 9.64. The molecule has 0 aliphatic heterocycles. The third-order valence-corrected chi connectivity index (χ3v) is 4.73. The van der Waals surface area contributed by atoms with E-state index in [1.807, 2.05) is 13.8 Å². The summed E-state index contributed by atoms with van der Waals surface area (Å²) in [6.07, 6.45) is 0. The molecule has 2 heteroatoms. The highest BCUT2D eigenvalue weighted by atomic mass is 16.4. The molecule has 0 bridgehead atoms. The zero-order valence-corrected chi connectivity index (χ0v) is 14.3. The lowest BCUT2D eigenvalue weighted by Crippen LogP contribution is -2.14. The van der Waals surface area contributed by atoms with E-state index in [4.69, 9.17) is 8.83 Å². The molecule has 0 spiro atoms. The zero-order chi connectivity index (χ0) is 15.7. The molecule has 0 aliphatic carbocycles. The van der Waals surface area contributed by atoms with Crippen LogP contribution in [0.1, 0.15) is 54.5 Å². The molecule has 2 nitrogen and oxygen atoms in total. The van der Waals surface area contributed by atoms with Gasteiger partial charge in [-0.05, 0) is 62.3 Å². The first-order valence-electron chi connectivity index (χ1n) is 7.57. The highest BCUT2D eigenvalue weighted by Gasteiger charge is 2.28. The second-order valence-corrected chi connectivity index (χ2v) is 7.22. The van der Waals surface area contributed by atoms with Gasteiger partial charge in [0.1, 0.15) is 11.5 Å². The van der Waals surface area contributed by atoms with E-state index < -0.39 is 0 Å². The Bertz CT molecular complexity index is 867. The summed E-state index contributed by atoms with van der Waals surface area (Å²) in [6.45, 7) is 17.4. The molecule has 0 radical (unpaired) electrons. The minimum atomic E-state index is 0.0647. The fraction of sp³-hybridized carbons (Fsp3) is 0.474. The monoisotopic (exact) mass is 284 g/mol. The summed E-state index contributed by atoms with van der Waals surface area (Å²) in [5.74, 6) is 1.96. The number of fused-ring (bicyclic) bond motifs is 3. The summed E-state index contributed by atoms with van der Waals surface area (Å²) in [5, 5.41) is 2.46. The van der Waals surface area contributed by atoms with E-state index in [1.165, 1.54) is 33.0 Å². The number of rotatable bonds is 0. The SMILES string of the molecule is Cc1oc2c(c1C)c(C)c(C(C)(C)C)c1c(C)c(C)oc12. The van der Waals surface area contributed by atoms with Gasteiger partial charge in [0.05, 0.1) is 0 Å². The summed E-state index contributed by atoms with van der Waals surface area (Å²) in [5.41, 5.74) is 7.03. The predicted molar refractivity (Wildman–Crippen MR) is 88.4 cm³/mol. The average molecular weight is 284 g/mol. The van der Waals surface area contributed by atoms with Gasteiger partial charge in [0, 0.05) is 10.8 Å². The number of furan rings is 2. The van der Waals surface area contributed by atoms with Gasteiger partial charge in [0.25, 0.3) is 0 Å². The van der Waals surface area contributed by atoms with Crippen LogP contribution < -0.4 is 0 Å². The molecule has 0 aliphatic rings. The fourth-order valence-electron chi connectivity index (χ4n) is 3.58. The van der Waals surface area contributed by atoms with Crippen molar-refractivity contribution < 1.29 is 8.83 Å². The van der Waals surface area contributed by atoms with Crippen LogP contribution in [0.3, 0.4) is 0 Å². The van der Waals surface area contributed by atoms with Gasteiger partial charge in [-0.3, -0.25) is 0 Å². The van der Waals surface area contributed by atoms with Crippen LogP contribution in [0.5, 0.6) is 0 Å². The Morgan fingerprint density at radius 1 is 0.619 bits per heavy atom. The number of hydrogen-bond acceptors (Lipinski definition) is 2. The van der Waals surface area contributed by atoms with Crippen molar-refractivity contribution in [1.82, 2.24) is 0 Å². The van der Waals surface area contributed by atoms with E-state index in [-0.39, 0.29) is 5.41 Å². The Hall–Kier alpha value is -1.70. The van der Waals surface area contributed by atoms with E-state index in [2.05, 4.69) is 41.5 Å². The largest absolute Gasteiger partial charge is 0.457 e. The van der Waals surface area contributed by atoms with Crippen molar-refractivity contribution in [3.8, 4) is 0 Å². The van der Waals surface area contributed by atoms with Gasteiger partial charge in [-0.1, -0.05) is 20.8 Å². The molecule has 0 fully saturated rings. The van der Waals surface area contributed by atoms with Gasteiger partial charge in [-0.25, -0.2) is 0 Å². The predicted octanol–water partition coefficient (Wildman–Crippen LogP) is 6.02.